The summed E-state index contributed by atoms with van der Waals surface area (Å²) in [6.07, 6.45) is 0. The summed E-state index contributed by atoms with van der Waals surface area (Å²) in [7, 11) is 0. The number of aliphatic hydroxyl groups excluding tert-OH is 1. The summed E-state index contributed by atoms with van der Waals surface area (Å²) in [6.45, 7) is 8.58. The van der Waals surface area contributed by atoms with Crippen LogP contribution >= 0.6 is 0 Å². The summed E-state index contributed by atoms with van der Waals surface area (Å²) >= 11 is 0. The third kappa shape index (κ3) is 3.56. The van der Waals surface area contributed by atoms with E-state index in [0.717, 1.165) is 5.69 Å². The van der Waals surface area contributed by atoms with Gasteiger partial charge in [0.05, 0.1) is 12.6 Å². The summed E-state index contributed by atoms with van der Waals surface area (Å²) in [5.74, 6) is 0. The van der Waals surface area contributed by atoms with E-state index in [1.807, 2.05) is 12.1 Å². The summed E-state index contributed by atoms with van der Waals surface area (Å²) < 4.78 is 0. The standard InChI is InChI=1S/C13H21NO/c1-10-5-7-11(8-6-10)14-12(9-15)13(2,3)4/h5-8,12,14-15H,9H2,1-4H3. The van der Waals surface area contributed by atoms with Crippen molar-refractivity contribution < 1.29 is 5.11 Å². The highest BCUT2D eigenvalue weighted by molar-refractivity contribution is 5.45. The van der Waals surface area contributed by atoms with Crippen molar-refractivity contribution in [1.29, 1.82) is 0 Å². The molecule has 1 atom stereocenters. The van der Waals surface area contributed by atoms with E-state index in [1.54, 1.807) is 0 Å². The first kappa shape index (κ1) is 12.1. The van der Waals surface area contributed by atoms with Gasteiger partial charge >= 0.3 is 0 Å². The van der Waals surface area contributed by atoms with Crippen molar-refractivity contribution in [2.45, 2.75) is 33.7 Å². The number of anilines is 1. The van der Waals surface area contributed by atoms with E-state index < -0.39 is 0 Å². The second kappa shape index (κ2) is 4.67. The predicted molar refractivity (Wildman–Crippen MR) is 65.1 cm³/mol. The molecule has 0 aromatic heterocycles. The lowest BCUT2D eigenvalue weighted by atomic mass is 9.87. The first-order valence-corrected chi connectivity index (χ1v) is 5.37. The van der Waals surface area contributed by atoms with Gasteiger partial charge in [-0.1, -0.05) is 38.5 Å². The molecule has 0 saturated carbocycles. The Bertz CT molecular complexity index is 297. The minimum Gasteiger partial charge on any atom is -0.394 e. The topological polar surface area (TPSA) is 32.3 Å². The van der Waals surface area contributed by atoms with Crippen LogP contribution in [0.5, 0.6) is 0 Å². The maximum absolute atomic E-state index is 9.32. The zero-order valence-electron chi connectivity index (χ0n) is 10.0. The monoisotopic (exact) mass is 207 g/mol. The van der Waals surface area contributed by atoms with Crippen LogP contribution in [0.1, 0.15) is 26.3 Å². The Hall–Kier alpha value is -1.02. The van der Waals surface area contributed by atoms with Crippen LogP contribution in [-0.2, 0) is 0 Å². The lowest BCUT2D eigenvalue weighted by Crippen LogP contribution is -2.37. The molecule has 2 nitrogen and oxygen atoms in total. The summed E-state index contributed by atoms with van der Waals surface area (Å²) in [6, 6.07) is 8.31. The molecule has 1 aromatic carbocycles. The largest absolute Gasteiger partial charge is 0.394 e. The van der Waals surface area contributed by atoms with Gasteiger partial charge in [-0.25, -0.2) is 0 Å². The van der Waals surface area contributed by atoms with Gasteiger partial charge in [0.2, 0.25) is 0 Å². The zero-order chi connectivity index (χ0) is 11.5. The normalized spacial score (nSPS) is 13.7. The zero-order valence-corrected chi connectivity index (χ0v) is 10.0. The summed E-state index contributed by atoms with van der Waals surface area (Å²) in [5.41, 5.74) is 2.37. The number of nitrogens with one attached hydrogen (secondary N) is 1. The Morgan fingerprint density at radius 1 is 1.20 bits per heavy atom. The Kier molecular flexibility index (Phi) is 3.75. The van der Waals surface area contributed by atoms with E-state index in [1.165, 1.54) is 5.56 Å². The maximum Gasteiger partial charge on any atom is 0.0637 e. The van der Waals surface area contributed by atoms with Crippen LogP contribution in [0.2, 0.25) is 0 Å². The molecule has 0 bridgehead atoms. The van der Waals surface area contributed by atoms with Gasteiger partial charge < -0.3 is 10.4 Å². The van der Waals surface area contributed by atoms with E-state index in [-0.39, 0.29) is 18.1 Å². The van der Waals surface area contributed by atoms with Crippen LogP contribution in [0, 0.1) is 12.3 Å². The smallest absolute Gasteiger partial charge is 0.0637 e. The van der Waals surface area contributed by atoms with Gasteiger partial charge in [-0.05, 0) is 24.5 Å². The van der Waals surface area contributed by atoms with Gasteiger partial charge in [0, 0.05) is 5.69 Å². The third-order valence-electron chi connectivity index (χ3n) is 2.62. The van der Waals surface area contributed by atoms with Crippen molar-refractivity contribution in [3.8, 4) is 0 Å². The molecule has 2 heteroatoms. The molecule has 0 aliphatic carbocycles. The summed E-state index contributed by atoms with van der Waals surface area (Å²) in [5, 5.41) is 12.7. The first-order chi connectivity index (χ1) is 6.93. The second-order valence-electron chi connectivity index (χ2n) is 5.11. The fraction of sp³-hybridized carbons (Fsp3) is 0.538. The number of hydrogen-bond donors (Lipinski definition) is 2. The van der Waals surface area contributed by atoms with Crippen LogP contribution in [0.25, 0.3) is 0 Å². The van der Waals surface area contributed by atoms with E-state index >= 15 is 0 Å². The van der Waals surface area contributed by atoms with Gasteiger partial charge in [-0.3, -0.25) is 0 Å². The highest BCUT2D eigenvalue weighted by atomic mass is 16.3. The van der Waals surface area contributed by atoms with E-state index in [4.69, 9.17) is 0 Å². The highest BCUT2D eigenvalue weighted by Crippen LogP contribution is 2.22. The molecule has 15 heavy (non-hydrogen) atoms. The number of rotatable bonds is 3. The van der Waals surface area contributed by atoms with Gasteiger partial charge in [-0.15, -0.1) is 0 Å². The molecule has 0 amide bonds. The molecule has 1 aromatic rings. The molecule has 0 aliphatic heterocycles. The minimum atomic E-state index is 0.0552. The van der Waals surface area contributed by atoms with Crippen molar-refractivity contribution in [2.24, 2.45) is 5.41 Å². The van der Waals surface area contributed by atoms with Gasteiger partial charge in [0.1, 0.15) is 0 Å². The lowest BCUT2D eigenvalue weighted by molar-refractivity contribution is 0.202. The maximum atomic E-state index is 9.32. The van der Waals surface area contributed by atoms with Crippen LogP contribution in [0.4, 0.5) is 5.69 Å². The fourth-order valence-electron chi connectivity index (χ4n) is 1.39. The molecule has 1 rings (SSSR count). The molecular weight excluding hydrogens is 186 g/mol. The summed E-state index contributed by atoms with van der Waals surface area (Å²) in [4.78, 5) is 0. The third-order valence-corrected chi connectivity index (χ3v) is 2.62. The van der Waals surface area contributed by atoms with Gasteiger partial charge in [-0.2, -0.15) is 0 Å². The molecule has 0 radical (unpaired) electrons. The van der Waals surface area contributed by atoms with Crippen LogP contribution in [-0.4, -0.2) is 17.8 Å². The number of benzene rings is 1. The highest BCUT2D eigenvalue weighted by Gasteiger charge is 2.23. The van der Waals surface area contributed by atoms with E-state index in [2.05, 4.69) is 45.1 Å². The number of hydrogen-bond acceptors (Lipinski definition) is 2. The van der Waals surface area contributed by atoms with Crippen molar-refractivity contribution in [3.63, 3.8) is 0 Å². The van der Waals surface area contributed by atoms with Crippen molar-refractivity contribution >= 4 is 5.69 Å². The van der Waals surface area contributed by atoms with Crippen molar-refractivity contribution in [1.82, 2.24) is 0 Å². The SMILES string of the molecule is Cc1ccc(NC(CO)C(C)(C)C)cc1. The average molecular weight is 207 g/mol. The van der Waals surface area contributed by atoms with E-state index in [9.17, 15) is 5.11 Å². The Morgan fingerprint density at radius 2 is 1.73 bits per heavy atom. The first-order valence-electron chi connectivity index (χ1n) is 5.37. The fourth-order valence-corrected chi connectivity index (χ4v) is 1.39. The molecule has 0 saturated heterocycles. The molecule has 0 aliphatic rings. The Morgan fingerprint density at radius 3 is 2.13 bits per heavy atom. The second-order valence-corrected chi connectivity index (χ2v) is 5.11. The Labute approximate surface area is 92.3 Å². The van der Waals surface area contributed by atoms with Crippen LogP contribution < -0.4 is 5.32 Å². The predicted octanol–water partition coefficient (Wildman–Crippen LogP) is 2.81. The minimum absolute atomic E-state index is 0.0552. The van der Waals surface area contributed by atoms with Crippen molar-refractivity contribution in [2.75, 3.05) is 11.9 Å². The molecule has 0 spiro atoms. The van der Waals surface area contributed by atoms with Gasteiger partial charge in [0.25, 0.3) is 0 Å². The molecule has 2 N–H and O–H groups in total. The van der Waals surface area contributed by atoms with Gasteiger partial charge in [0.15, 0.2) is 0 Å². The van der Waals surface area contributed by atoms with E-state index in [0.29, 0.717) is 0 Å². The lowest BCUT2D eigenvalue weighted by Gasteiger charge is -2.30. The number of aryl methyl sites for hydroxylation is 1. The molecule has 0 heterocycles. The Balaban J connectivity index is 2.71. The van der Waals surface area contributed by atoms with Crippen LogP contribution in [0.3, 0.4) is 0 Å². The molecule has 0 fully saturated rings. The quantitative estimate of drug-likeness (QED) is 0.798. The molecule has 1 unspecified atom stereocenters. The van der Waals surface area contributed by atoms with Crippen LogP contribution in [0.15, 0.2) is 24.3 Å². The number of aliphatic hydroxyl groups is 1. The molecular formula is C13H21NO. The average Bonchev–Trinajstić information content (AvgIpc) is 2.15. The van der Waals surface area contributed by atoms with Crippen molar-refractivity contribution in [3.05, 3.63) is 29.8 Å². The molecule has 84 valence electrons.